The van der Waals surface area contributed by atoms with Gasteiger partial charge >= 0.3 is 5.97 Å². The van der Waals surface area contributed by atoms with E-state index in [4.69, 9.17) is 26.8 Å². The molecule has 1 amide bonds. The molecule has 1 fully saturated rings. The Labute approximate surface area is 207 Å². The Bertz CT molecular complexity index is 1050. The summed E-state index contributed by atoms with van der Waals surface area (Å²) in [7, 11) is 0. The first-order valence-electron chi connectivity index (χ1n) is 10.9. The summed E-state index contributed by atoms with van der Waals surface area (Å²) < 4.78 is 12.2. The summed E-state index contributed by atoms with van der Waals surface area (Å²) in [5, 5.41) is 9.00. The smallest absolute Gasteiger partial charge is 0.323 e. The first-order valence-corrected chi connectivity index (χ1v) is 12.9. The van der Waals surface area contributed by atoms with Crippen LogP contribution in [0.3, 0.4) is 0 Å². The first kappa shape index (κ1) is 25.3. The number of carbonyl (C=O) groups is 2. The molecule has 0 atom stereocenters. The number of ether oxygens (including phenoxy) is 2. The molecule has 0 aliphatic carbocycles. The van der Waals surface area contributed by atoms with E-state index in [1.807, 2.05) is 30.3 Å². The lowest BCUT2D eigenvalue weighted by Gasteiger charge is -2.13. The van der Waals surface area contributed by atoms with Gasteiger partial charge in [0.25, 0.3) is 5.91 Å². The van der Waals surface area contributed by atoms with E-state index in [9.17, 15) is 9.59 Å². The van der Waals surface area contributed by atoms with Crippen LogP contribution in [-0.2, 0) is 9.59 Å². The highest BCUT2D eigenvalue weighted by Gasteiger charge is 2.33. The van der Waals surface area contributed by atoms with E-state index in [-0.39, 0.29) is 10.2 Å². The Kier molecular flexibility index (Phi) is 9.34. The average Bonchev–Trinajstić information content (AvgIpc) is 3.34. The van der Waals surface area contributed by atoms with Gasteiger partial charge in [-0.2, -0.15) is 0 Å². The van der Waals surface area contributed by atoms with Crippen molar-refractivity contribution in [2.24, 2.45) is 0 Å². The van der Waals surface area contributed by atoms with E-state index in [2.05, 4.69) is 13.8 Å². The van der Waals surface area contributed by atoms with Crippen LogP contribution in [0, 0.1) is 0 Å². The van der Waals surface area contributed by atoms with Crippen LogP contribution < -0.4 is 9.47 Å². The lowest BCUT2D eigenvalue weighted by Crippen LogP contribution is -2.33. The third-order valence-corrected chi connectivity index (χ3v) is 7.25. The van der Waals surface area contributed by atoms with Gasteiger partial charge < -0.3 is 14.6 Å². The zero-order valence-electron chi connectivity index (χ0n) is 18.7. The second-order valence-electron chi connectivity index (χ2n) is 7.43. The van der Waals surface area contributed by atoms with Crippen LogP contribution in [0.15, 0.2) is 35.2 Å². The van der Waals surface area contributed by atoms with Gasteiger partial charge in [-0.05, 0) is 43.2 Å². The maximum absolute atomic E-state index is 12.5. The quantitative estimate of drug-likeness (QED) is 0.213. The summed E-state index contributed by atoms with van der Waals surface area (Å²) in [6.07, 6.45) is 5.85. The largest absolute Gasteiger partial charge is 0.493 e. The number of nitrogens with zero attached hydrogens (tertiary/aromatic N) is 1. The van der Waals surface area contributed by atoms with Crippen molar-refractivity contribution >= 4 is 57.6 Å². The molecule has 33 heavy (non-hydrogen) atoms. The fourth-order valence-electron chi connectivity index (χ4n) is 3.05. The fraction of sp³-hybridized carbons (Fsp3) is 0.375. The maximum atomic E-state index is 12.5. The van der Waals surface area contributed by atoms with Crippen LogP contribution in [0.4, 0.5) is 0 Å². The Morgan fingerprint density at radius 1 is 1.12 bits per heavy atom. The number of carbonyl (C=O) groups excluding carboxylic acids is 1. The van der Waals surface area contributed by atoms with Crippen molar-refractivity contribution in [1.82, 2.24) is 4.90 Å². The number of aliphatic carboxylic acids is 1. The van der Waals surface area contributed by atoms with Gasteiger partial charge in [0.15, 0.2) is 0 Å². The van der Waals surface area contributed by atoms with Crippen LogP contribution in [0.25, 0.3) is 16.5 Å². The van der Waals surface area contributed by atoms with Crippen LogP contribution in [0.1, 0.15) is 44.4 Å². The third-order valence-electron chi connectivity index (χ3n) is 4.81. The standard InChI is InChI=1S/C24H27NO5S3/c1-3-5-11-29-16-7-9-18(19(13-16)30-12-6-4-2)20-10-8-17(32-20)14-21-23(28)25(15-22(26)27)24(31)33-21/h7-10,13-14H,3-6,11-12,15H2,1-2H3,(H,26,27)/b21-14-. The van der Waals surface area contributed by atoms with Crippen molar-refractivity contribution in [2.75, 3.05) is 19.8 Å². The van der Waals surface area contributed by atoms with Crippen molar-refractivity contribution in [3.8, 4) is 21.9 Å². The van der Waals surface area contributed by atoms with Crippen molar-refractivity contribution in [3.05, 3.63) is 40.1 Å². The Morgan fingerprint density at radius 2 is 1.85 bits per heavy atom. The number of thioether (sulfide) groups is 1. The Hall–Kier alpha value is -2.36. The van der Waals surface area contributed by atoms with Gasteiger partial charge in [-0.1, -0.05) is 50.7 Å². The molecule has 9 heteroatoms. The minimum Gasteiger partial charge on any atom is -0.493 e. The van der Waals surface area contributed by atoms with Gasteiger partial charge in [0.2, 0.25) is 0 Å². The molecule has 2 heterocycles. The first-order chi connectivity index (χ1) is 15.9. The number of unbranched alkanes of at least 4 members (excludes halogenated alkanes) is 2. The van der Waals surface area contributed by atoms with Crippen molar-refractivity contribution in [3.63, 3.8) is 0 Å². The summed E-state index contributed by atoms with van der Waals surface area (Å²) >= 11 is 7.82. The zero-order valence-corrected chi connectivity index (χ0v) is 21.1. The number of benzene rings is 1. The van der Waals surface area contributed by atoms with E-state index in [0.717, 1.165) is 69.2 Å². The summed E-state index contributed by atoms with van der Waals surface area (Å²) in [6.45, 7) is 5.13. The van der Waals surface area contributed by atoms with Crippen molar-refractivity contribution in [2.45, 2.75) is 39.5 Å². The second kappa shape index (κ2) is 12.2. The minimum absolute atomic E-state index is 0.260. The molecule has 1 aromatic carbocycles. The van der Waals surface area contributed by atoms with Crippen molar-refractivity contribution in [1.29, 1.82) is 0 Å². The molecular formula is C24H27NO5S3. The molecule has 0 bridgehead atoms. The molecule has 6 nitrogen and oxygen atoms in total. The van der Waals surface area contributed by atoms with Gasteiger partial charge in [-0.15, -0.1) is 11.3 Å². The topological polar surface area (TPSA) is 76.1 Å². The molecule has 0 radical (unpaired) electrons. The van der Waals surface area contributed by atoms with Gasteiger partial charge in [-0.25, -0.2) is 0 Å². The lowest BCUT2D eigenvalue weighted by molar-refractivity contribution is -0.140. The SMILES string of the molecule is CCCCOc1ccc(-c2ccc(/C=C3\SC(=S)N(CC(=O)O)C3=O)s2)c(OCCCC)c1. The summed E-state index contributed by atoms with van der Waals surface area (Å²) in [5.74, 6) is 0.0967. The molecule has 1 saturated heterocycles. The third kappa shape index (κ3) is 6.82. The number of hydrogen-bond acceptors (Lipinski definition) is 7. The second-order valence-corrected chi connectivity index (χ2v) is 10.2. The van der Waals surface area contributed by atoms with E-state index in [1.54, 1.807) is 6.08 Å². The molecule has 0 unspecified atom stereocenters. The van der Waals surface area contributed by atoms with E-state index in [0.29, 0.717) is 18.1 Å². The Balaban J connectivity index is 1.82. The van der Waals surface area contributed by atoms with Crippen LogP contribution >= 0.6 is 35.3 Å². The van der Waals surface area contributed by atoms with Gasteiger partial charge in [0.1, 0.15) is 22.4 Å². The summed E-state index contributed by atoms with van der Waals surface area (Å²) in [5.41, 5.74) is 0.969. The molecule has 2 aromatic rings. The van der Waals surface area contributed by atoms with Crippen LogP contribution in [0.5, 0.6) is 11.5 Å². The van der Waals surface area contributed by atoms with Gasteiger partial charge in [0.05, 0.1) is 18.1 Å². The predicted molar refractivity (Wildman–Crippen MR) is 138 cm³/mol. The highest BCUT2D eigenvalue weighted by Crippen LogP contribution is 2.39. The number of carboxylic acid groups (broad SMARTS) is 1. The number of amides is 1. The lowest BCUT2D eigenvalue weighted by atomic mass is 10.1. The molecule has 1 N–H and O–H groups in total. The number of thiophene rings is 1. The predicted octanol–water partition coefficient (Wildman–Crippen LogP) is 6.06. The van der Waals surface area contributed by atoms with E-state index >= 15 is 0 Å². The molecule has 3 rings (SSSR count). The highest BCUT2D eigenvalue weighted by atomic mass is 32.2. The normalized spacial score (nSPS) is 14.8. The minimum atomic E-state index is -1.09. The van der Waals surface area contributed by atoms with Crippen LogP contribution in [-0.4, -0.2) is 46.0 Å². The molecule has 0 saturated carbocycles. The molecule has 176 valence electrons. The van der Waals surface area contributed by atoms with Crippen molar-refractivity contribution < 1.29 is 24.2 Å². The number of rotatable bonds is 12. The average molecular weight is 506 g/mol. The van der Waals surface area contributed by atoms with E-state index in [1.165, 1.54) is 11.3 Å². The summed E-state index contributed by atoms with van der Waals surface area (Å²) in [4.78, 5) is 27.0. The van der Waals surface area contributed by atoms with Gasteiger partial charge in [0, 0.05) is 21.4 Å². The van der Waals surface area contributed by atoms with Crippen LogP contribution in [0.2, 0.25) is 0 Å². The summed E-state index contributed by atoms with van der Waals surface area (Å²) in [6, 6.07) is 9.83. The molecular weight excluding hydrogens is 478 g/mol. The van der Waals surface area contributed by atoms with E-state index < -0.39 is 12.5 Å². The number of thiocarbonyl (C=S) groups is 1. The van der Waals surface area contributed by atoms with Gasteiger partial charge in [-0.3, -0.25) is 14.5 Å². The Morgan fingerprint density at radius 3 is 2.55 bits per heavy atom. The molecule has 1 aliphatic rings. The monoisotopic (exact) mass is 505 g/mol. The molecule has 0 spiro atoms. The highest BCUT2D eigenvalue weighted by molar-refractivity contribution is 8.26. The zero-order chi connectivity index (χ0) is 23.8. The molecule has 1 aromatic heterocycles. The number of hydrogen-bond donors (Lipinski definition) is 1. The molecule has 1 aliphatic heterocycles. The fourth-order valence-corrected chi connectivity index (χ4v) is 5.35. The number of carboxylic acids is 1. The maximum Gasteiger partial charge on any atom is 0.323 e.